The van der Waals surface area contributed by atoms with E-state index in [1.807, 2.05) is 42.8 Å². The number of amides is 1. The molecule has 152 valence electrons. The molecule has 5 nitrogen and oxygen atoms in total. The smallest absolute Gasteiger partial charge is 0.387 e. The molecular formula is C21H20BrF2N3O2. The number of carbonyl (C=O) groups excluding carboxylic acids is 1. The number of alkyl halides is 2. The Balaban J connectivity index is 1.88. The van der Waals surface area contributed by atoms with E-state index in [1.54, 1.807) is 6.92 Å². The molecule has 0 saturated carbocycles. The first kappa shape index (κ1) is 21.0. The molecule has 0 aliphatic rings. The van der Waals surface area contributed by atoms with E-state index < -0.39 is 12.5 Å². The molecule has 2 aromatic carbocycles. The Morgan fingerprint density at radius 3 is 2.62 bits per heavy atom. The molecule has 0 aliphatic heterocycles. The fraction of sp³-hybridized carbons (Fsp3) is 0.238. The summed E-state index contributed by atoms with van der Waals surface area (Å²) in [5.74, 6) is -0.744. The van der Waals surface area contributed by atoms with Gasteiger partial charge in [-0.3, -0.25) is 9.48 Å². The number of benzene rings is 2. The van der Waals surface area contributed by atoms with Crippen molar-refractivity contribution in [2.45, 2.75) is 33.9 Å². The minimum atomic E-state index is -3.02. The van der Waals surface area contributed by atoms with Crippen LogP contribution in [0.2, 0.25) is 0 Å². The van der Waals surface area contributed by atoms with Crippen LogP contribution in [0.5, 0.6) is 5.75 Å². The molecule has 0 bridgehead atoms. The molecule has 1 amide bonds. The SMILES string of the molecule is Cc1ccccc1Cn1nc(C)c(NC(=O)c2cc(Br)ccc2OC(F)F)c1C. The zero-order valence-electron chi connectivity index (χ0n) is 16.2. The molecule has 0 saturated heterocycles. The number of rotatable bonds is 6. The number of nitrogens with one attached hydrogen (secondary N) is 1. The predicted octanol–water partition coefficient (Wildman–Crippen LogP) is 5.47. The van der Waals surface area contributed by atoms with Gasteiger partial charge in [-0.25, -0.2) is 0 Å². The summed E-state index contributed by atoms with van der Waals surface area (Å²) in [7, 11) is 0. The second-order valence-electron chi connectivity index (χ2n) is 6.60. The standard InChI is InChI=1S/C21H20BrF2N3O2/c1-12-6-4-5-7-15(12)11-27-14(3)19(13(2)26-27)25-20(28)17-10-16(22)8-9-18(17)29-21(23)24/h4-10,21H,11H2,1-3H3,(H,25,28). The lowest BCUT2D eigenvalue weighted by Gasteiger charge is -2.12. The summed E-state index contributed by atoms with van der Waals surface area (Å²) in [5, 5.41) is 7.31. The van der Waals surface area contributed by atoms with Gasteiger partial charge in [-0.1, -0.05) is 40.2 Å². The molecule has 1 heterocycles. The molecule has 0 fully saturated rings. The molecule has 1 N–H and O–H groups in total. The Morgan fingerprint density at radius 2 is 1.93 bits per heavy atom. The Hall–Kier alpha value is -2.74. The van der Waals surface area contributed by atoms with Crippen LogP contribution in [0.15, 0.2) is 46.9 Å². The van der Waals surface area contributed by atoms with E-state index in [4.69, 9.17) is 0 Å². The van der Waals surface area contributed by atoms with Crippen LogP contribution >= 0.6 is 15.9 Å². The van der Waals surface area contributed by atoms with Crippen molar-refractivity contribution in [3.05, 3.63) is 75.0 Å². The molecule has 0 unspecified atom stereocenters. The van der Waals surface area contributed by atoms with E-state index in [1.165, 1.54) is 18.2 Å². The molecule has 3 rings (SSSR count). The van der Waals surface area contributed by atoms with Gasteiger partial charge in [0.2, 0.25) is 0 Å². The number of aromatic nitrogens is 2. The average molecular weight is 464 g/mol. The normalized spacial score (nSPS) is 11.0. The van der Waals surface area contributed by atoms with Gasteiger partial charge in [0.05, 0.1) is 29.2 Å². The van der Waals surface area contributed by atoms with Crippen molar-refractivity contribution in [1.29, 1.82) is 0 Å². The Kier molecular flexibility index (Phi) is 6.32. The highest BCUT2D eigenvalue weighted by molar-refractivity contribution is 9.10. The molecular weight excluding hydrogens is 444 g/mol. The first-order valence-corrected chi connectivity index (χ1v) is 9.69. The summed E-state index contributed by atoms with van der Waals surface area (Å²) >= 11 is 3.25. The molecule has 29 heavy (non-hydrogen) atoms. The summed E-state index contributed by atoms with van der Waals surface area (Å²) in [6.07, 6.45) is 0. The first-order chi connectivity index (χ1) is 13.8. The maximum Gasteiger partial charge on any atom is 0.387 e. The van der Waals surface area contributed by atoms with Gasteiger partial charge < -0.3 is 10.1 Å². The van der Waals surface area contributed by atoms with Crippen LogP contribution in [-0.2, 0) is 6.54 Å². The summed E-state index contributed by atoms with van der Waals surface area (Å²) in [6.45, 7) is 3.20. The van der Waals surface area contributed by atoms with Gasteiger partial charge in [0.15, 0.2) is 0 Å². The number of anilines is 1. The number of nitrogens with zero attached hydrogens (tertiary/aromatic N) is 2. The van der Waals surface area contributed by atoms with Crippen LogP contribution in [0.1, 0.15) is 32.9 Å². The van der Waals surface area contributed by atoms with Gasteiger partial charge in [0.1, 0.15) is 5.75 Å². The van der Waals surface area contributed by atoms with Crippen LogP contribution in [0.3, 0.4) is 0 Å². The quantitative estimate of drug-likeness (QED) is 0.526. The van der Waals surface area contributed by atoms with Crippen molar-refractivity contribution in [2.75, 3.05) is 5.32 Å². The minimum absolute atomic E-state index is 0.00475. The highest BCUT2D eigenvalue weighted by Crippen LogP contribution is 2.27. The number of hydrogen-bond acceptors (Lipinski definition) is 3. The third-order valence-corrected chi connectivity index (χ3v) is 5.10. The highest BCUT2D eigenvalue weighted by atomic mass is 79.9. The third kappa shape index (κ3) is 4.82. The Labute approximate surface area is 175 Å². The lowest BCUT2D eigenvalue weighted by molar-refractivity contribution is -0.0501. The zero-order chi connectivity index (χ0) is 21.1. The number of carbonyl (C=O) groups is 1. The second kappa shape index (κ2) is 8.73. The van der Waals surface area contributed by atoms with Crippen molar-refractivity contribution in [1.82, 2.24) is 9.78 Å². The van der Waals surface area contributed by atoms with Gasteiger partial charge in [-0.05, 0) is 50.1 Å². The maximum atomic E-state index is 12.8. The lowest BCUT2D eigenvalue weighted by atomic mass is 10.1. The van der Waals surface area contributed by atoms with Crippen molar-refractivity contribution in [3.8, 4) is 5.75 Å². The summed E-state index contributed by atoms with van der Waals surface area (Å²) in [6, 6.07) is 12.3. The van der Waals surface area contributed by atoms with Gasteiger partial charge in [0, 0.05) is 4.47 Å². The van der Waals surface area contributed by atoms with E-state index in [-0.39, 0.29) is 11.3 Å². The van der Waals surface area contributed by atoms with Crippen molar-refractivity contribution < 1.29 is 18.3 Å². The highest BCUT2D eigenvalue weighted by Gasteiger charge is 2.20. The fourth-order valence-corrected chi connectivity index (χ4v) is 3.40. The van der Waals surface area contributed by atoms with Crippen molar-refractivity contribution in [3.63, 3.8) is 0 Å². The number of aryl methyl sites for hydroxylation is 2. The van der Waals surface area contributed by atoms with E-state index in [2.05, 4.69) is 31.1 Å². The third-order valence-electron chi connectivity index (χ3n) is 4.60. The van der Waals surface area contributed by atoms with Crippen LogP contribution in [-0.4, -0.2) is 22.3 Å². The Morgan fingerprint density at radius 1 is 1.21 bits per heavy atom. The molecule has 0 atom stereocenters. The first-order valence-electron chi connectivity index (χ1n) is 8.90. The molecule has 0 radical (unpaired) electrons. The second-order valence-corrected chi connectivity index (χ2v) is 7.52. The largest absolute Gasteiger partial charge is 0.434 e. The maximum absolute atomic E-state index is 12.8. The van der Waals surface area contributed by atoms with Crippen molar-refractivity contribution >= 4 is 27.5 Å². The lowest BCUT2D eigenvalue weighted by Crippen LogP contribution is -2.16. The molecule has 1 aromatic heterocycles. The average Bonchev–Trinajstić information content (AvgIpc) is 2.92. The van der Waals surface area contributed by atoms with E-state index >= 15 is 0 Å². The van der Waals surface area contributed by atoms with Gasteiger partial charge in [0.25, 0.3) is 5.91 Å². The van der Waals surface area contributed by atoms with Crippen LogP contribution in [0.25, 0.3) is 0 Å². The van der Waals surface area contributed by atoms with Crippen LogP contribution in [0, 0.1) is 20.8 Å². The van der Waals surface area contributed by atoms with Gasteiger partial charge >= 0.3 is 6.61 Å². The molecule has 8 heteroatoms. The monoisotopic (exact) mass is 463 g/mol. The topological polar surface area (TPSA) is 56.2 Å². The molecule has 0 aliphatic carbocycles. The van der Waals surface area contributed by atoms with Gasteiger partial charge in [-0.2, -0.15) is 13.9 Å². The predicted molar refractivity (Wildman–Crippen MR) is 111 cm³/mol. The van der Waals surface area contributed by atoms with E-state index in [0.29, 0.717) is 22.4 Å². The van der Waals surface area contributed by atoms with Crippen LogP contribution < -0.4 is 10.1 Å². The van der Waals surface area contributed by atoms with Crippen molar-refractivity contribution in [2.24, 2.45) is 0 Å². The van der Waals surface area contributed by atoms with E-state index in [0.717, 1.165) is 16.8 Å². The number of hydrogen-bond donors (Lipinski definition) is 1. The number of halogens is 3. The molecule has 3 aromatic rings. The zero-order valence-corrected chi connectivity index (χ0v) is 17.8. The number of ether oxygens (including phenoxy) is 1. The Bertz CT molecular complexity index is 1050. The van der Waals surface area contributed by atoms with Gasteiger partial charge in [-0.15, -0.1) is 0 Å². The summed E-state index contributed by atoms with van der Waals surface area (Å²) in [5.41, 5.74) is 4.22. The fourth-order valence-electron chi connectivity index (χ4n) is 3.04. The van der Waals surface area contributed by atoms with Crippen LogP contribution in [0.4, 0.5) is 14.5 Å². The molecule has 0 spiro atoms. The summed E-state index contributed by atoms with van der Waals surface area (Å²) in [4.78, 5) is 12.8. The van der Waals surface area contributed by atoms with E-state index in [9.17, 15) is 13.6 Å². The minimum Gasteiger partial charge on any atom is -0.434 e. The summed E-state index contributed by atoms with van der Waals surface area (Å²) < 4.78 is 32.2.